The molecule has 530 valence electrons. The summed E-state index contributed by atoms with van der Waals surface area (Å²) in [5.74, 6) is -2.95. The van der Waals surface area contributed by atoms with Crippen LogP contribution < -0.4 is 0 Å². The lowest BCUT2D eigenvalue weighted by atomic mass is 9.80. The molecule has 0 fully saturated rings. The summed E-state index contributed by atoms with van der Waals surface area (Å²) < 4.78 is 12.0. The molecular formula is C88H45AlBr7Cl2IO10. The van der Waals surface area contributed by atoms with Gasteiger partial charge in [-0.2, -0.15) is 0 Å². The summed E-state index contributed by atoms with van der Waals surface area (Å²) in [7, 11) is 12.0. The zero-order valence-corrected chi connectivity index (χ0v) is 71.8. The van der Waals surface area contributed by atoms with E-state index in [4.69, 9.17) is 20.1 Å². The Morgan fingerprint density at radius 3 is 1.08 bits per heavy atom. The first-order valence-electron chi connectivity index (χ1n) is 33.0. The van der Waals surface area contributed by atoms with Gasteiger partial charge in [0.15, 0.2) is 23.1 Å². The molecule has 0 aromatic heterocycles. The number of ether oxygens (including phenoxy) is 1. The number of rotatable bonds is 7. The summed E-state index contributed by atoms with van der Waals surface area (Å²) in [6.45, 7) is 0. The first-order chi connectivity index (χ1) is 52.3. The van der Waals surface area contributed by atoms with Crippen LogP contribution in [-0.4, -0.2) is 63.1 Å². The number of esters is 2. The Labute approximate surface area is 707 Å². The van der Waals surface area contributed by atoms with Gasteiger partial charge < -0.3 is 14.6 Å². The summed E-state index contributed by atoms with van der Waals surface area (Å²) in [4.78, 5) is 101. The van der Waals surface area contributed by atoms with Gasteiger partial charge in [-0.15, -0.1) is 0 Å². The summed E-state index contributed by atoms with van der Waals surface area (Å²) in [5, 5.41) is 24.3. The van der Waals surface area contributed by atoms with Gasteiger partial charge >= 0.3 is 30.2 Å². The van der Waals surface area contributed by atoms with E-state index in [0.29, 0.717) is 60.8 Å². The smallest absolute Gasteiger partial charge is 0.478 e. The molecule has 1 N–H and O–H groups in total. The minimum Gasteiger partial charge on any atom is -0.478 e. The van der Waals surface area contributed by atoms with Crippen LogP contribution in [0, 0.1) is 3.57 Å². The van der Waals surface area contributed by atoms with Gasteiger partial charge in [-0.3, -0.25) is 19.2 Å². The lowest BCUT2D eigenvalue weighted by molar-refractivity contribution is 0.0442. The van der Waals surface area contributed by atoms with Crippen molar-refractivity contribution in [3.05, 3.63) is 369 Å². The fourth-order valence-electron chi connectivity index (χ4n) is 13.4. The molecule has 0 amide bonds. The van der Waals surface area contributed by atoms with Gasteiger partial charge in [0, 0.05) is 85.0 Å². The molecule has 0 saturated heterocycles. The third-order valence-electron chi connectivity index (χ3n) is 18.5. The molecule has 1 aliphatic heterocycles. The van der Waals surface area contributed by atoms with E-state index in [-0.39, 0.29) is 44.5 Å². The zero-order valence-electron chi connectivity index (χ0n) is 55.9. The Morgan fingerprint density at radius 1 is 0.321 bits per heavy atom. The molecule has 0 bridgehead atoms. The number of ketones is 4. The van der Waals surface area contributed by atoms with Gasteiger partial charge in [-0.05, 0) is 242 Å². The van der Waals surface area contributed by atoms with E-state index in [1.165, 1.54) is 20.4 Å². The van der Waals surface area contributed by atoms with Crippen LogP contribution in [0.2, 0.25) is 0 Å². The maximum atomic E-state index is 13.6. The highest BCUT2D eigenvalue weighted by atomic mass is 127. The molecule has 18 rings (SSSR count). The number of carboxylic acid groups (broad SMARTS) is 1. The van der Waals surface area contributed by atoms with Crippen LogP contribution in [0.25, 0.3) is 86.2 Å². The van der Waals surface area contributed by atoms with Crippen LogP contribution in [0.5, 0.6) is 0 Å². The minimum atomic E-state index is -2.65. The van der Waals surface area contributed by atoms with Crippen LogP contribution in [0.15, 0.2) is 298 Å². The molecule has 0 unspecified atom stereocenters. The minimum absolute atomic E-state index is 0.00530. The highest BCUT2D eigenvalue weighted by Crippen LogP contribution is 2.39. The molecule has 0 atom stereocenters. The molecule has 16 aromatic rings. The highest BCUT2D eigenvalue weighted by molar-refractivity contribution is 14.1. The van der Waals surface area contributed by atoms with Crippen molar-refractivity contribution < 1.29 is 48.2 Å². The van der Waals surface area contributed by atoms with Crippen molar-refractivity contribution in [1.82, 2.24) is 0 Å². The third-order valence-corrected chi connectivity index (χ3v) is 24.5. The van der Waals surface area contributed by atoms with Crippen molar-refractivity contribution in [3.63, 3.8) is 0 Å². The number of aromatic carboxylic acids is 1. The van der Waals surface area contributed by atoms with Gasteiger partial charge in [0.05, 0.1) is 16.7 Å². The first kappa shape index (κ1) is 77.5. The topological polar surface area (TPSA) is 166 Å². The molecule has 0 radical (unpaired) electrons. The molecule has 0 saturated carbocycles. The Kier molecular flexibility index (Phi) is 23.4. The Balaban J connectivity index is 0.000000117. The number of hydrogen-bond donors (Lipinski definition) is 1. The Bertz CT molecular complexity index is 6550. The lowest BCUT2D eigenvalue weighted by Crippen LogP contribution is -2.21. The lowest BCUT2D eigenvalue weighted by Gasteiger charge is -2.21. The van der Waals surface area contributed by atoms with Crippen molar-refractivity contribution in [1.29, 1.82) is 0 Å². The predicted octanol–water partition coefficient (Wildman–Crippen LogP) is 26.5. The molecule has 1 heterocycles. The predicted molar refractivity (Wildman–Crippen MR) is 470 cm³/mol. The second-order valence-electron chi connectivity index (χ2n) is 25.1. The van der Waals surface area contributed by atoms with Gasteiger partial charge in [0.25, 0.3) is 0 Å². The highest BCUT2D eigenvalue weighted by Gasteiger charge is 2.35. The Morgan fingerprint density at radius 2 is 0.642 bits per heavy atom. The van der Waals surface area contributed by atoms with E-state index in [2.05, 4.69) is 181 Å². The molecule has 16 aromatic carbocycles. The second-order valence-corrected chi connectivity index (χ2v) is 37.2. The van der Waals surface area contributed by atoms with Crippen molar-refractivity contribution in [2.24, 2.45) is 0 Å². The van der Waals surface area contributed by atoms with E-state index in [9.17, 15) is 43.5 Å². The van der Waals surface area contributed by atoms with Crippen LogP contribution in [0.4, 0.5) is 0 Å². The summed E-state index contributed by atoms with van der Waals surface area (Å²) in [6, 6.07) is 83.0. The van der Waals surface area contributed by atoms with Gasteiger partial charge in [-0.25, -0.2) is 34.5 Å². The fourth-order valence-corrected chi connectivity index (χ4v) is 17.7. The van der Waals surface area contributed by atoms with Gasteiger partial charge in [0.1, 0.15) is 4.65 Å². The van der Waals surface area contributed by atoms with Crippen molar-refractivity contribution >= 4 is 298 Å². The maximum absolute atomic E-state index is 13.6. The molecular weight excluding hydrogens is 2000 g/mol. The van der Waals surface area contributed by atoms with Crippen molar-refractivity contribution in [2.75, 3.05) is 0 Å². The fraction of sp³-hybridized carbons (Fsp3) is 0. The molecule has 2 aliphatic rings. The summed E-state index contributed by atoms with van der Waals surface area (Å²) in [5.41, 5.74) is 4.49. The van der Waals surface area contributed by atoms with Crippen LogP contribution in [0.3, 0.4) is 0 Å². The van der Waals surface area contributed by atoms with Crippen LogP contribution >= 0.6 is 154 Å². The van der Waals surface area contributed by atoms with Crippen LogP contribution in [0.1, 0.15) is 105 Å². The first-order valence-corrected chi connectivity index (χ1v) is 43.7. The number of benzene rings is 16. The normalized spacial score (nSPS) is 11.9. The van der Waals surface area contributed by atoms with E-state index in [1.54, 1.807) is 66.7 Å². The average molecular weight is 2050 g/mol. The average Bonchev–Trinajstić information content (AvgIpc) is 1.15. The number of hydrogen-bond acceptors (Lipinski definition) is 9. The third kappa shape index (κ3) is 16.3. The quantitative estimate of drug-likeness (QED) is 0.0533. The molecule has 1 aliphatic carbocycles. The number of carboxylic acids is 1. The van der Waals surface area contributed by atoms with Gasteiger partial charge in [-0.1, -0.05) is 245 Å². The summed E-state index contributed by atoms with van der Waals surface area (Å²) in [6.07, 6.45) is 0. The molecule has 10 nitrogen and oxygen atoms in total. The van der Waals surface area contributed by atoms with E-state index >= 15 is 0 Å². The maximum Gasteiger partial charge on any atom is 0.609 e. The number of cyclic esters (lactones) is 2. The van der Waals surface area contributed by atoms with Crippen molar-refractivity contribution in [2.45, 2.75) is 0 Å². The number of carbonyl (C=O) groups is 8. The SMILES string of the molecule is Ic1ccc2ccccc2c1.O=C(O)c1ccc2cc(Br)ccc2c1C(=O)c1ccc2cc(Br)ccc2c1.O=C(c1ccc2cc(Br)ccc2c1)c1c([C](=O)[Al]([Cl])[Cl])ccc2cc(Br)ccc12.O=C1OC(=O)c2c1ccc1cc(Br)ccc21.O=C1c2ccc3cc(Br)ccc3c2C(=O)c2ccc3cc(Br)ccc3c21. The molecule has 0 spiro atoms. The van der Waals surface area contributed by atoms with Crippen molar-refractivity contribution in [3.8, 4) is 0 Å². The number of carbonyl (C=O) groups excluding carboxylic acids is 7. The molecule has 21 heteroatoms. The molecule has 109 heavy (non-hydrogen) atoms. The van der Waals surface area contributed by atoms with Crippen LogP contribution in [-0.2, 0) is 4.74 Å². The monoisotopic (exact) mass is 2040 g/mol. The Hall–Kier alpha value is -8.24. The van der Waals surface area contributed by atoms with Gasteiger partial charge in [0.2, 0.25) is 0 Å². The largest absolute Gasteiger partial charge is 0.609 e. The number of fused-ring (bicyclic) bond motifs is 14. The standard InChI is InChI=1S/C22H12Br2O3.C22H10Br2O2.C22H11Br2O2.C12H5BrO3.C10H7I.Al.2ClH/c23-16-5-3-12-9-15(2-1-13(12)10-16)21(25)20-18-8-6-17(24)11-14(18)4-7-19(20)22(26)27;23-13-3-7-15-11(9-13)1-5-17-19(15)22(26)18-6-2-12-10-14(24)4-8-16(12)20(18)21(17)25;23-18-6-5-13-9-16(3-1-14(13)10-18)22(26)21-17(12-25)4-2-15-11-19(24)7-8-20(15)21;13-7-2-4-8-6(5-7)1-3-9-10(8)12(15)16-11(9)14;11-10-6-5-8-3-1-2-4-9(8)7-10;;;/h1-11H,(H,26,27);1-10H;1-11H;1-5H;1-7H;;2*1H/q;;;;;+2;;/p-2. The number of halogens is 10. The second kappa shape index (κ2) is 33.0. The van der Waals surface area contributed by atoms with E-state index < -0.39 is 30.2 Å². The summed E-state index contributed by atoms with van der Waals surface area (Å²) >= 11 is 23.7. The van der Waals surface area contributed by atoms with E-state index in [0.717, 1.165) is 95.9 Å². The van der Waals surface area contributed by atoms with E-state index in [1.807, 2.05) is 152 Å². The zero-order chi connectivity index (χ0) is 76.8.